The van der Waals surface area contributed by atoms with Crippen LogP contribution in [0.4, 0.5) is 0 Å². The van der Waals surface area contributed by atoms with Gasteiger partial charge >= 0.3 is 5.97 Å². The molecule has 19 heavy (non-hydrogen) atoms. The molecule has 108 valence electrons. The van der Waals surface area contributed by atoms with Gasteiger partial charge in [0.25, 0.3) is 0 Å². The van der Waals surface area contributed by atoms with Crippen molar-refractivity contribution in [2.75, 3.05) is 0 Å². The van der Waals surface area contributed by atoms with Gasteiger partial charge in [-0.15, -0.1) is 0 Å². The van der Waals surface area contributed by atoms with E-state index in [0.717, 1.165) is 32.1 Å². The third-order valence-electron chi connectivity index (χ3n) is 6.00. The van der Waals surface area contributed by atoms with Gasteiger partial charge < -0.3 is 9.84 Å². The van der Waals surface area contributed by atoms with Crippen molar-refractivity contribution in [1.82, 2.24) is 0 Å². The molecule has 0 aromatic heterocycles. The third-order valence-corrected chi connectivity index (χ3v) is 6.00. The third kappa shape index (κ3) is 2.10. The molecule has 0 saturated heterocycles. The Labute approximate surface area is 115 Å². The van der Waals surface area contributed by atoms with Crippen LogP contribution in [0.15, 0.2) is 0 Å². The van der Waals surface area contributed by atoms with E-state index in [1.807, 2.05) is 20.8 Å². The summed E-state index contributed by atoms with van der Waals surface area (Å²) in [5.74, 6) is 1.91. The van der Waals surface area contributed by atoms with Crippen molar-refractivity contribution in [1.29, 1.82) is 0 Å². The Morgan fingerprint density at radius 3 is 2.00 bits per heavy atom. The highest BCUT2D eigenvalue weighted by molar-refractivity contribution is 5.76. The first-order chi connectivity index (χ1) is 8.92. The number of carbonyl (C=O) groups excluding carboxylic acids is 1. The minimum atomic E-state index is -0.367. The second-order valence-electron chi connectivity index (χ2n) is 7.58. The van der Waals surface area contributed by atoms with Gasteiger partial charge in [0.2, 0.25) is 0 Å². The number of ether oxygens (including phenoxy) is 1. The van der Waals surface area contributed by atoms with Gasteiger partial charge in [0.15, 0.2) is 0 Å². The summed E-state index contributed by atoms with van der Waals surface area (Å²) in [5, 5.41) is 10.2. The van der Waals surface area contributed by atoms with Gasteiger partial charge in [0, 0.05) is 0 Å². The van der Waals surface area contributed by atoms with Crippen LogP contribution in [-0.2, 0) is 9.53 Å². The number of rotatable bonds is 3. The summed E-state index contributed by atoms with van der Waals surface area (Å²) in [4.78, 5) is 12.3. The first-order valence-electron chi connectivity index (χ1n) is 7.81. The zero-order valence-corrected chi connectivity index (χ0v) is 12.3. The van der Waals surface area contributed by atoms with Gasteiger partial charge in [-0.3, -0.25) is 4.79 Å². The topological polar surface area (TPSA) is 46.5 Å². The Bertz CT molecular complexity index is 344. The van der Waals surface area contributed by atoms with E-state index >= 15 is 0 Å². The van der Waals surface area contributed by atoms with Gasteiger partial charge in [-0.05, 0) is 69.6 Å². The van der Waals surface area contributed by atoms with Crippen LogP contribution in [0.5, 0.6) is 0 Å². The van der Waals surface area contributed by atoms with Gasteiger partial charge in [-0.2, -0.15) is 0 Å². The minimum absolute atomic E-state index is 0.0342. The Hall–Kier alpha value is -0.570. The number of carbonyl (C=O) groups is 1. The van der Waals surface area contributed by atoms with E-state index in [-0.39, 0.29) is 23.6 Å². The Morgan fingerprint density at radius 1 is 1.11 bits per heavy atom. The molecule has 0 aromatic carbocycles. The molecular formula is C16H26O3. The van der Waals surface area contributed by atoms with Crippen LogP contribution in [0.2, 0.25) is 0 Å². The van der Waals surface area contributed by atoms with E-state index in [1.54, 1.807) is 0 Å². The Balaban J connectivity index is 1.70. The quantitative estimate of drug-likeness (QED) is 0.799. The van der Waals surface area contributed by atoms with Crippen molar-refractivity contribution in [2.45, 2.75) is 65.1 Å². The van der Waals surface area contributed by atoms with E-state index in [4.69, 9.17) is 4.74 Å². The normalized spacial score (nSPS) is 44.4. The lowest BCUT2D eigenvalue weighted by atomic mass is 9.53. The molecule has 3 heteroatoms. The lowest BCUT2D eigenvalue weighted by Gasteiger charge is -2.56. The Morgan fingerprint density at radius 2 is 1.58 bits per heavy atom. The predicted octanol–water partition coefficient (Wildman–Crippen LogP) is 2.76. The smallest absolute Gasteiger partial charge is 0.311 e. The first kappa shape index (κ1) is 13.4. The summed E-state index contributed by atoms with van der Waals surface area (Å²) in [6.45, 7) is 5.97. The van der Waals surface area contributed by atoms with Gasteiger partial charge in [-0.25, -0.2) is 0 Å². The highest BCUT2D eigenvalue weighted by atomic mass is 16.5. The fourth-order valence-electron chi connectivity index (χ4n) is 4.42. The van der Waals surface area contributed by atoms with Crippen molar-refractivity contribution in [2.24, 2.45) is 29.1 Å². The summed E-state index contributed by atoms with van der Waals surface area (Å²) in [6, 6.07) is 0. The fraction of sp³-hybridized carbons (Fsp3) is 0.938. The predicted molar refractivity (Wildman–Crippen MR) is 72.4 cm³/mol. The average Bonchev–Trinajstić information content (AvgIpc) is 2.36. The van der Waals surface area contributed by atoms with Crippen LogP contribution in [0.25, 0.3) is 0 Å². The monoisotopic (exact) mass is 266 g/mol. The summed E-state index contributed by atoms with van der Waals surface area (Å²) >= 11 is 0. The first-order valence-corrected chi connectivity index (χ1v) is 7.81. The van der Waals surface area contributed by atoms with Crippen molar-refractivity contribution < 1.29 is 14.6 Å². The lowest BCUT2D eigenvalue weighted by Crippen LogP contribution is -2.56. The van der Waals surface area contributed by atoms with Gasteiger partial charge in [-0.1, -0.05) is 6.92 Å². The molecule has 3 nitrogen and oxygen atoms in total. The van der Waals surface area contributed by atoms with Crippen molar-refractivity contribution in [3.8, 4) is 0 Å². The van der Waals surface area contributed by atoms with Crippen LogP contribution in [-0.4, -0.2) is 23.3 Å². The van der Waals surface area contributed by atoms with Gasteiger partial charge in [0.05, 0.1) is 11.5 Å². The van der Waals surface area contributed by atoms with Crippen LogP contribution in [0, 0.1) is 29.1 Å². The maximum absolute atomic E-state index is 12.3. The number of hydrogen-bond donors (Lipinski definition) is 1. The summed E-state index contributed by atoms with van der Waals surface area (Å²) in [7, 11) is 0. The standard InChI is InChI=1S/C16H26O3/c1-4-16(2,3)15(18)19-14-11-5-9-6-12(14)8-10(7-11)13(9)17/h9-14,17H,4-8H2,1-3H3. The van der Waals surface area contributed by atoms with Crippen molar-refractivity contribution >= 4 is 5.97 Å². The van der Waals surface area contributed by atoms with Crippen molar-refractivity contribution in [3.63, 3.8) is 0 Å². The molecule has 0 radical (unpaired) electrons. The molecule has 4 rings (SSSR count). The largest absolute Gasteiger partial charge is 0.461 e. The highest BCUT2D eigenvalue weighted by Gasteiger charge is 2.54. The molecule has 0 amide bonds. The van der Waals surface area contributed by atoms with E-state index < -0.39 is 0 Å². The molecule has 0 atom stereocenters. The van der Waals surface area contributed by atoms with Crippen LogP contribution in [0.3, 0.4) is 0 Å². The average molecular weight is 266 g/mol. The molecule has 4 aliphatic rings. The van der Waals surface area contributed by atoms with Gasteiger partial charge in [0.1, 0.15) is 6.10 Å². The summed E-state index contributed by atoms with van der Waals surface area (Å²) in [6.07, 6.45) is 5.07. The maximum atomic E-state index is 12.3. The van der Waals surface area contributed by atoms with Crippen LogP contribution in [0.1, 0.15) is 52.9 Å². The lowest BCUT2D eigenvalue weighted by molar-refractivity contribution is -0.193. The van der Waals surface area contributed by atoms with Crippen LogP contribution >= 0.6 is 0 Å². The molecule has 0 heterocycles. The molecule has 0 aromatic rings. The summed E-state index contributed by atoms with van der Waals surface area (Å²) in [5.41, 5.74) is -0.367. The van der Waals surface area contributed by atoms with E-state index in [0.29, 0.717) is 23.7 Å². The second-order valence-corrected chi connectivity index (χ2v) is 7.58. The fourth-order valence-corrected chi connectivity index (χ4v) is 4.42. The second kappa shape index (κ2) is 4.47. The van der Waals surface area contributed by atoms with Crippen LogP contribution < -0.4 is 0 Å². The number of esters is 1. The Kier molecular flexibility index (Phi) is 3.16. The molecule has 4 fully saturated rings. The zero-order chi connectivity index (χ0) is 13.8. The minimum Gasteiger partial charge on any atom is -0.461 e. The van der Waals surface area contributed by atoms with E-state index in [1.165, 1.54) is 0 Å². The maximum Gasteiger partial charge on any atom is 0.311 e. The molecule has 4 bridgehead atoms. The number of hydrogen-bond acceptors (Lipinski definition) is 3. The molecule has 0 spiro atoms. The van der Waals surface area contributed by atoms with E-state index in [9.17, 15) is 9.90 Å². The highest BCUT2D eigenvalue weighted by Crippen LogP contribution is 2.55. The molecule has 0 unspecified atom stereocenters. The molecule has 4 aliphatic carbocycles. The molecule has 1 N–H and O–H groups in total. The molecule has 4 saturated carbocycles. The molecular weight excluding hydrogens is 240 g/mol. The van der Waals surface area contributed by atoms with Crippen molar-refractivity contribution in [3.05, 3.63) is 0 Å². The number of aliphatic hydroxyl groups is 1. The molecule has 0 aliphatic heterocycles. The SMILES string of the molecule is CCC(C)(C)C(=O)OC1C2CC3CC1CC(C2)C3O. The summed E-state index contributed by atoms with van der Waals surface area (Å²) < 4.78 is 5.90. The zero-order valence-electron chi connectivity index (χ0n) is 12.3. The van der Waals surface area contributed by atoms with E-state index in [2.05, 4.69) is 0 Å². The number of aliphatic hydroxyl groups excluding tert-OH is 1.